The Labute approximate surface area is 145 Å². The Kier molecular flexibility index (Phi) is 8.51. The van der Waals surface area contributed by atoms with Gasteiger partial charge in [0.15, 0.2) is 0 Å². The van der Waals surface area contributed by atoms with E-state index in [-0.39, 0.29) is 31.1 Å². The van der Waals surface area contributed by atoms with E-state index in [9.17, 15) is 9.59 Å². The van der Waals surface area contributed by atoms with Crippen molar-refractivity contribution in [1.82, 2.24) is 0 Å². The molecule has 1 atom stereocenters. The molecule has 1 unspecified atom stereocenters. The lowest BCUT2D eigenvalue weighted by molar-refractivity contribution is -0.152. The zero-order valence-electron chi connectivity index (χ0n) is 15.3. The van der Waals surface area contributed by atoms with E-state index < -0.39 is 5.41 Å². The highest BCUT2D eigenvalue weighted by molar-refractivity contribution is 5.89. The maximum Gasteiger partial charge on any atom is 0.338 e. The molecule has 0 spiro atoms. The molecule has 24 heavy (non-hydrogen) atoms. The van der Waals surface area contributed by atoms with Crippen LogP contribution in [0.4, 0.5) is 0 Å². The lowest BCUT2D eigenvalue weighted by atomic mass is 9.95. The van der Waals surface area contributed by atoms with Crippen LogP contribution in [-0.4, -0.2) is 25.2 Å². The van der Waals surface area contributed by atoms with Crippen LogP contribution in [0.2, 0.25) is 0 Å². The number of carbonyl (C=O) groups is 2. The Hall–Kier alpha value is -1.84. The second kappa shape index (κ2) is 10.1. The molecule has 0 heterocycles. The van der Waals surface area contributed by atoms with Crippen LogP contribution in [-0.2, 0) is 14.3 Å². The fourth-order valence-corrected chi connectivity index (χ4v) is 2.28. The Bertz CT molecular complexity index is 508. The molecule has 0 saturated heterocycles. The SMILES string of the molecule is CCCCC(CC)C(=O)OCC(C)(C)COC(=O)c1ccccc1. The van der Waals surface area contributed by atoms with Crippen molar-refractivity contribution in [1.29, 1.82) is 0 Å². The Morgan fingerprint density at radius 3 is 2.25 bits per heavy atom. The predicted molar refractivity (Wildman–Crippen MR) is 94.8 cm³/mol. The zero-order valence-corrected chi connectivity index (χ0v) is 15.3. The van der Waals surface area contributed by atoms with Gasteiger partial charge in [-0.1, -0.05) is 58.7 Å². The van der Waals surface area contributed by atoms with Gasteiger partial charge < -0.3 is 9.47 Å². The molecule has 4 nitrogen and oxygen atoms in total. The summed E-state index contributed by atoms with van der Waals surface area (Å²) in [6, 6.07) is 8.88. The molecule has 0 fully saturated rings. The maximum absolute atomic E-state index is 12.2. The number of ether oxygens (including phenoxy) is 2. The van der Waals surface area contributed by atoms with Crippen molar-refractivity contribution < 1.29 is 19.1 Å². The molecule has 0 aromatic heterocycles. The molecular formula is C20H30O4. The monoisotopic (exact) mass is 334 g/mol. The van der Waals surface area contributed by atoms with Gasteiger partial charge in [-0.15, -0.1) is 0 Å². The fourth-order valence-electron chi connectivity index (χ4n) is 2.28. The number of benzene rings is 1. The first kappa shape index (κ1) is 20.2. The molecule has 0 N–H and O–H groups in total. The summed E-state index contributed by atoms with van der Waals surface area (Å²) in [5, 5.41) is 0. The van der Waals surface area contributed by atoms with Gasteiger partial charge in [0.25, 0.3) is 0 Å². The molecule has 1 aromatic rings. The minimum Gasteiger partial charge on any atom is -0.465 e. The van der Waals surface area contributed by atoms with Crippen LogP contribution in [0, 0.1) is 11.3 Å². The number of carbonyl (C=O) groups excluding carboxylic acids is 2. The molecule has 0 saturated carbocycles. The van der Waals surface area contributed by atoms with E-state index in [0.717, 1.165) is 25.7 Å². The van der Waals surface area contributed by atoms with Gasteiger partial charge in [-0.25, -0.2) is 4.79 Å². The summed E-state index contributed by atoms with van der Waals surface area (Å²) < 4.78 is 10.8. The molecular weight excluding hydrogens is 304 g/mol. The van der Waals surface area contributed by atoms with E-state index in [1.165, 1.54) is 0 Å². The summed E-state index contributed by atoms with van der Waals surface area (Å²) >= 11 is 0. The molecule has 1 aromatic carbocycles. The third-order valence-electron chi connectivity index (χ3n) is 3.94. The van der Waals surface area contributed by atoms with Crippen molar-refractivity contribution in [2.45, 2.75) is 53.4 Å². The standard InChI is InChI=1S/C20H30O4/c1-5-7-11-16(6-2)18(21)23-14-20(3,4)15-24-19(22)17-12-9-8-10-13-17/h8-10,12-13,16H,5-7,11,14-15H2,1-4H3. The lowest BCUT2D eigenvalue weighted by Gasteiger charge is -2.25. The van der Waals surface area contributed by atoms with Gasteiger partial charge in [-0.05, 0) is 25.0 Å². The second-order valence-corrected chi connectivity index (χ2v) is 6.96. The largest absolute Gasteiger partial charge is 0.465 e. The minimum absolute atomic E-state index is 0.0346. The van der Waals surface area contributed by atoms with Crippen LogP contribution < -0.4 is 0 Å². The second-order valence-electron chi connectivity index (χ2n) is 6.96. The number of esters is 2. The number of rotatable bonds is 10. The van der Waals surface area contributed by atoms with E-state index in [0.29, 0.717) is 5.56 Å². The topological polar surface area (TPSA) is 52.6 Å². The summed E-state index contributed by atoms with van der Waals surface area (Å²) in [5.41, 5.74) is 0.110. The summed E-state index contributed by atoms with van der Waals surface area (Å²) in [5.74, 6) is -0.537. The van der Waals surface area contributed by atoms with Gasteiger partial charge in [-0.3, -0.25) is 4.79 Å². The quantitative estimate of drug-likeness (QED) is 0.585. The van der Waals surface area contributed by atoms with Gasteiger partial charge in [-0.2, -0.15) is 0 Å². The minimum atomic E-state index is -0.414. The van der Waals surface area contributed by atoms with Gasteiger partial charge in [0.2, 0.25) is 0 Å². The summed E-state index contributed by atoms with van der Waals surface area (Å²) in [4.78, 5) is 24.1. The molecule has 1 rings (SSSR count). The van der Waals surface area contributed by atoms with Crippen molar-refractivity contribution in [3.05, 3.63) is 35.9 Å². The zero-order chi connectivity index (χ0) is 18.0. The van der Waals surface area contributed by atoms with E-state index in [1.807, 2.05) is 26.8 Å². The van der Waals surface area contributed by atoms with Gasteiger partial charge in [0, 0.05) is 5.41 Å². The number of hydrogen-bond donors (Lipinski definition) is 0. The van der Waals surface area contributed by atoms with Crippen molar-refractivity contribution in [2.75, 3.05) is 13.2 Å². The third-order valence-corrected chi connectivity index (χ3v) is 3.94. The average molecular weight is 334 g/mol. The number of unbranched alkanes of at least 4 members (excludes halogenated alkanes) is 1. The van der Waals surface area contributed by atoms with E-state index in [1.54, 1.807) is 24.3 Å². The average Bonchev–Trinajstić information content (AvgIpc) is 2.59. The predicted octanol–water partition coefficient (Wildman–Crippen LogP) is 4.63. The molecule has 134 valence electrons. The van der Waals surface area contributed by atoms with Crippen LogP contribution in [0.1, 0.15) is 63.7 Å². The summed E-state index contributed by atoms with van der Waals surface area (Å²) in [6.07, 6.45) is 3.77. The molecule has 0 aliphatic carbocycles. The van der Waals surface area contributed by atoms with E-state index >= 15 is 0 Å². The first-order valence-electron chi connectivity index (χ1n) is 8.78. The molecule has 4 heteroatoms. The highest BCUT2D eigenvalue weighted by atomic mass is 16.5. The van der Waals surface area contributed by atoms with Crippen LogP contribution in [0.25, 0.3) is 0 Å². The highest BCUT2D eigenvalue weighted by Gasteiger charge is 2.25. The molecule has 0 aliphatic heterocycles. The smallest absolute Gasteiger partial charge is 0.338 e. The first-order valence-corrected chi connectivity index (χ1v) is 8.78. The Morgan fingerprint density at radius 1 is 1.04 bits per heavy atom. The van der Waals surface area contributed by atoms with Crippen molar-refractivity contribution in [3.8, 4) is 0 Å². The van der Waals surface area contributed by atoms with Crippen molar-refractivity contribution >= 4 is 11.9 Å². The highest BCUT2D eigenvalue weighted by Crippen LogP contribution is 2.20. The third kappa shape index (κ3) is 7.16. The van der Waals surface area contributed by atoms with Crippen LogP contribution >= 0.6 is 0 Å². The van der Waals surface area contributed by atoms with Crippen molar-refractivity contribution in [3.63, 3.8) is 0 Å². The molecule has 0 aliphatic rings. The Morgan fingerprint density at radius 2 is 1.67 bits per heavy atom. The normalized spacial score (nSPS) is 12.5. The molecule has 0 amide bonds. The molecule has 0 bridgehead atoms. The number of hydrogen-bond acceptors (Lipinski definition) is 4. The summed E-state index contributed by atoms with van der Waals surface area (Å²) in [6.45, 7) is 8.42. The molecule has 0 radical (unpaired) electrons. The van der Waals surface area contributed by atoms with Crippen LogP contribution in [0.5, 0.6) is 0 Å². The fraction of sp³-hybridized carbons (Fsp3) is 0.600. The first-order chi connectivity index (χ1) is 11.4. The van der Waals surface area contributed by atoms with Crippen LogP contribution in [0.15, 0.2) is 30.3 Å². The lowest BCUT2D eigenvalue weighted by Crippen LogP contribution is -2.30. The van der Waals surface area contributed by atoms with Gasteiger partial charge in [0.1, 0.15) is 0 Å². The van der Waals surface area contributed by atoms with E-state index in [2.05, 4.69) is 6.92 Å². The summed E-state index contributed by atoms with van der Waals surface area (Å²) in [7, 11) is 0. The van der Waals surface area contributed by atoms with Gasteiger partial charge >= 0.3 is 11.9 Å². The van der Waals surface area contributed by atoms with Crippen molar-refractivity contribution in [2.24, 2.45) is 11.3 Å². The Balaban J connectivity index is 2.42. The van der Waals surface area contributed by atoms with Crippen LogP contribution in [0.3, 0.4) is 0 Å². The van der Waals surface area contributed by atoms with Gasteiger partial charge in [0.05, 0.1) is 24.7 Å². The maximum atomic E-state index is 12.2. The van der Waals surface area contributed by atoms with E-state index in [4.69, 9.17) is 9.47 Å².